The summed E-state index contributed by atoms with van der Waals surface area (Å²) >= 11 is 0. The number of carbonyl (C=O) groups is 1. The van der Waals surface area contributed by atoms with Crippen molar-refractivity contribution >= 4 is 5.97 Å². The second kappa shape index (κ2) is 8.52. The van der Waals surface area contributed by atoms with Crippen LogP contribution in [-0.2, 0) is 11.2 Å². The van der Waals surface area contributed by atoms with Gasteiger partial charge in [0, 0.05) is 6.04 Å². The maximum Gasteiger partial charge on any atom is 0.320 e. The van der Waals surface area contributed by atoms with E-state index in [1.807, 2.05) is 19.9 Å². The van der Waals surface area contributed by atoms with E-state index in [0.29, 0.717) is 12.2 Å². The fourth-order valence-corrected chi connectivity index (χ4v) is 2.27. The molecular weight excluding hydrogens is 270 g/mol. The molecule has 0 amide bonds. The topological polar surface area (TPSA) is 78.8 Å². The number of aromatic hydroxyl groups is 1. The normalized spacial score (nSPS) is 13.7. The number of ether oxygens (including phenoxy) is 1. The molecule has 1 aromatic carbocycles. The number of carboxylic acids is 1. The molecule has 118 valence electrons. The molecule has 0 saturated carbocycles. The van der Waals surface area contributed by atoms with Gasteiger partial charge < -0.3 is 20.3 Å². The Morgan fingerprint density at radius 2 is 2.10 bits per heavy atom. The van der Waals surface area contributed by atoms with Crippen molar-refractivity contribution in [3.63, 3.8) is 0 Å². The zero-order valence-electron chi connectivity index (χ0n) is 12.9. The van der Waals surface area contributed by atoms with Gasteiger partial charge in [0.2, 0.25) is 0 Å². The minimum atomic E-state index is -0.800. The molecule has 1 aromatic rings. The minimum absolute atomic E-state index is 0.0990. The van der Waals surface area contributed by atoms with E-state index in [0.717, 1.165) is 24.8 Å². The maximum absolute atomic E-state index is 11.1. The number of aliphatic carboxylic acids is 1. The van der Waals surface area contributed by atoms with Crippen LogP contribution in [0.3, 0.4) is 0 Å². The molecule has 2 atom stereocenters. The molecule has 5 heteroatoms. The van der Waals surface area contributed by atoms with E-state index in [9.17, 15) is 9.90 Å². The third kappa shape index (κ3) is 5.63. The van der Waals surface area contributed by atoms with Crippen molar-refractivity contribution in [3.8, 4) is 11.5 Å². The van der Waals surface area contributed by atoms with Gasteiger partial charge in [0.1, 0.15) is 6.04 Å². The Morgan fingerprint density at radius 3 is 2.62 bits per heavy atom. The van der Waals surface area contributed by atoms with Crippen molar-refractivity contribution in [2.24, 2.45) is 0 Å². The van der Waals surface area contributed by atoms with E-state index in [-0.39, 0.29) is 11.8 Å². The Hall–Kier alpha value is -1.75. The zero-order valence-corrected chi connectivity index (χ0v) is 12.9. The molecule has 0 aliphatic heterocycles. The number of carboxylic acid groups (broad SMARTS) is 1. The fraction of sp³-hybridized carbons (Fsp3) is 0.562. The summed E-state index contributed by atoms with van der Waals surface area (Å²) in [5.74, 6) is -0.213. The van der Waals surface area contributed by atoms with E-state index in [2.05, 4.69) is 5.32 Å². The van der Waals surface area contributed by atoms with Crippen LogP contribution in [0.5, 0.6) is 11.5 Å². The molecule has 0 bridgehead atoms. The number of hydrogen-bond donors (Lipinski definition) is 3. The predicted molar refractivity (Wildman–Crippen MR) is 81.9 cm³/mol. The van der Waals surface area contributed by atoms with Crippen LogP contribution in [0.25, 0.3) is 0 Å². The highest BCUT2D eigenvalue weighted by Crippen LogP contribution is 2.26. The Bertz CT molecular complexity index is 462. The van der Waals surface area contributed by atoms with Crippen LogP contribution < -0.4 is 10.1 Å². The highest BCUT2D eigenvalue weighted by molar-refractivity contribution is 5.73. The van der Waals surface area contributed by atoms with Crippen LogP contribution in [0, 0.1) is 0 Å². The van der Waals surface area contributed by atoms with Crippen LogP contribution >= 0.6 is 0 Å². The Kier molecular flexibility index (Phi) is 7.02. The Balaban J connectivity index is 2.50. The fourth-order valence-electron chi connectivity index (χ4n) is 2.27. The van der Waals surface area contributed by atoms with Crippen molar-refractivity contribution < 1.29 is 19.7 Å². The molecule has 0 saturated heterocycles. The smallest absolute Gasteiger partial charge is 0.320 e. The van der Waals surface area contributed by atoms with Crippen LogP contribution in [0.4, 0.5) is 0 Å². The number of methoxy groups -OCH3 is 1. The summed E-state index contributed by atoms with van der Waals surface area (Å²) in [7, 11) is 1.51. The Morgan fingerprint density at radius 1 is 1.38 bits per heavy atom. The molecule has 2 unspecified atom stereocenters. The monoisotopic (exact) mass is 295 g/mol. The van der Waals surface area contributed by atoms with Crippen molar-refractivity contribution in [3.05, 3.63) is 23.8 Å². The van der Waals surface area contributed by atoms with Gasteiger partial charge in [-0.05, 0) is 43.9 Å². The van der Waals surface area contributed by atoms with Gasteiger partial charge in [0.05, 0.1) is 7.11 Å². The number of nitrogens with one attached hydrogen (secondary N) is 1. The van der Waals surface area contributed by atoms with Crippen molar-refractivity contribution in [2.75, 3.05) is 7.11 Å². The lowest BCUT2D eigenvalue weighted by Gasteiger charge is -2.19. The number of rotatable bonds is 9. The van der Waals surface area contributed by atoms with Crippen LogP contribution in [0.2, 0.25) is 0 Å². The number of aryl methyl sites for hydroxylation is 1. The first-order chi connectivity index (χ1) is 9.97. The highest BCUT2D eigenvalue weighted by Gasteiger charge is 2.18. The average Bonchev–Trinajstić information content (AvgIpc) is 2.44. The van der Waals surface area contributed by atoms with Crippen molar-refractivity contribution in [1.29, 1.82) is 0 Å². The van der Waals surface area contributed by atoms with Gasteiger partial charge >= 0.3 is 5.97 Å². The lowest BCUT2D eigenvalue weighted by Crippen LogP contribution is -2.42. The molecule has 0 fully saturated rings. The molecule has 21 heavy (non-hydrogen) atoms. The molecule has 0 aliphatic rings. The van der Waals surface area contributed by atoms with E-state index in [1.165, 1.54) is 7.11 Å². The van der Waals surface area contributed by atoms with E-state index in [1.54, 1.807) is 12.1 Å². The second-order valence-electron chi connectivity index (χ2n) is 5.29. The SMILES string of the molecule is CCCC(NC(C)CCc1ccc(OC)c(O)c1)C(=O)O. The molecular formula is C16H25NO4. The molecule has 5 nitrogen and oxygen atoms in total. The molecule has 0 radical (unpaired) electrons. The standard InChI is InChI=1S/C16H25NO4/c1-4-5-13(16(19)20)17-11(2)6-7-12-8-9-15(21-3)14(18)10-12/h8-11,13,17-18H,4-7H2,1-3H3,(H,19,20). The summed E-state index contributed by atoms with van der Waals surface area (Å²) < 4.78 is 5.00. The molecule has 0 heterocycles. The van der Waals surface area contributed by atoms with Gasteiger partial charge in [0.25, 0.3) is 0 Å². The molecule has 0 aromatic heterocycles. The summed E-state index contributed by atoms with van der Waals surface area (Å²) in [6.45, 7) is 3.96. The maximum atomic E-state index is 11.1. The minimum Gasteiger partial charge on any atom is -0.504 e. The molecule has 1 rings (SSSR count). The molecule has 3 N–H and O–H groups in total. The molecule has 0 aliphatic carbocycles. The Labute approximate surface area is 125 Å². The largest absolute Gasteiger partial charge is 0.504 e. The third-order valence-electron chi connectivity index (χ3n) is 3.47. The summed E-state index contributed by atoms with van der Waals surface area (Å²) in [6.07, 6.45) is 3.04. The predicted octanol–water partition coefficient (Wildman–Crippen LogP) is 2.56. The first kappa shape index (κ1) is 17.3. The van der Waals surface area contributed by atoms with Crippen LogP contribution in [0.15, 0.2) is 18.2 Å². The van der Waals surface area contributed by atoms with Gasteiger partial charge in [-0.25, -0.2) is 0 Å². The second-order valence-corrected chi connectivity index (χ2v) is 5.29. The van der Waals surface area contributed by atoms with E-state index in [4.69, 9.17) is 9.84 Å². The lowest BCUT2D eigenvalue weighted by atomic mass is 10.0. The number of benzene rings is 1. The first-order valence-corrected chi connectivity index (χ1v) is 7.32. The summed E-state index contributed by atoms with van der Waals surface area (Å²) in [5.41, 5.74) is 1.00. The molecule has 0 spiro atoms. The van der Waals surface area contributed by atoms with Gasteiger partial charge in [-0.1, -0.05) is 19.4 Å². The number of phenolic OH excluding ortho intramolecular Hbond substituents is 1. The van der Waals surface area contributed by atoms with Gasteiger partial charge in [-0.15, -0.1) is 0 Å². The van der Waals surface area contributed by atoms with Crippen LogP contribution in [-0.4, -0.2) is 35.4 Å². The number of hydrogen-bond acceptors (Lipinski definition) is 4. The quantitative estimate of drug-likeness (QED) is 0.652. The van der Waals surface area contributed by atoms with Gasteiger partial charge in [-0.3, -0.25) is 4.79 Å². The van der Waals surface area contributed by atoms with Crippen molar-refractivity contribution in [1.82, 2.24) is 5.32 Å². The van der Waals surface area contributed by atoms with Crippen molar-refractivity contribution in [2.45, 2.75) is 51.6 Å². The third-order valence-corrected chi connectivity index (χ3v) is 3.47. The first-order valence-electron chi connectivity index (χ1n) is 7.32. The summed E-state index contributed by atoms with van der Waals surface area (Å²) in [6, 6.07) is 4.94. The van der Waals surface area contributed by atoms with E-state index < -0.39 is 12.0 Å². The number of phenols is 1. The zero-order chi connectivity index (χ0) is 15.8. The summed E-state index contributed by atoms with van der Waals surface area (Å²) in [5, 5.41) is 22.0. The van der Waals surface area contributed by atoms with Crippen LogP contribution in [0.1, 0.15) is 38.7 Å². The highest BCUT2D eigenvalue weighted by atomic mass is 16.5. The van der Waals surface area contributed by atoms with Gasteiger partial charge in [0.15, 0.2) is 11.5 Å². The lowest BCUT2D eigenvalue weighted by molar-refractivity contribution is -0.139. The summed E-state index contributed by atoms with van der Waals surface area (Å²) in [4.78, 5) is 11.1. The average molecular weight is 295 g/mol. The van der Waals surface area contributed by atoms with E-state index >= 15 is 0 Å². The van der Waals surface area contributed by atoms with Gasteiger partial charge in [-0.2, -0.15) is 0 Å².